The van der Waals surface area contributed by atoms with Crippen molar-refractivity contribution in [3.63, 3.8) is 0 Å². The lowest BCUT2D eigenvalue weighted by atomic mass is 10.1. The number of carbonyl (C=O) groups is 2. The average Bonchev–Trinajstić information content (AvgIpc) is 2.62. The first-order valence-electron chi connectivity index (χ1n) is 8.70. The summed E-state index contributed by atoms with van der Waals surface area (Å²) in [5.41, 5.74) is 0.593. The minimum atomic E-state index is -0.331. The van der Waals surface area contributed by atoms with Crippen LogP contribution in [-0.2, 0) is 14.3 Å². The van der Waals surface area contributed by atoms with Crippen molar-refractivity contribution < 1.29 is 19.2 Å². The van der Waals surface area contributed by atoms with Gasteiger partial charge in [0.25, 0.3) is 5.91 Å². The fraction of sp³-hybridized carbons (Fsp3) is 0.667. The highest BCUT2D eigenvalue weighted by atomic mass is 16.5. The third kappa shape index (κ3) is 9.89. The zero-order chi connectivity index (χ0) is 18.3. The lowest BCUT2D eigenvalue weighted by molar-refractivity contribution is -0.833. The molecule has 1 unspecified atom stereocenters. The number of amides is 1. The summed E-state index contributed by atoms with van der Waals surface area (Å²) in [6, 6.07) is 0.233. The van der Waals surface area contributed by atoms with Crippen LogP contribution >= 0.6 is 0 Å². The molecule has 5 nitrogen and oxygen atoms in total. The summed E-state index contributed by atoms with van der Waals surface area (Å²) in [7, 11) is 1.36. The Labute approximate surface area is 141 Å². The minimum Gasteiger partial charge on any atom is -0.465 e. The van der Waals surface area contributed by atoms with E-state index in [4.69, 9.17) is 0 Å². The van der Waals surface area contributed by atoms with Crippen LogP contribution in [-0.4, -0.2) is 38.1 Å². The molecule has 1 amide bonds. The van der Waals surface area contributed by atoms with E-state index in [-0.39, 0.29) is 17.9 Å². The van der Waals surface area contributed by atoms with Gasteiger partial charge >= 0.3 is 5.97 Å². The Balaban J connectivity index is 0. The molecule has 0 saturated heterocycles. The molecule has 0 aromatic carbocycles. The summed E-state index contributed by atoms with van der Waals surface area (Å²) in [5, 5.41) is 2.99. The molecule has 0 bridgehead atoms. The van der Waals surface area contributed by atoms with Crippen molar-refractivity contribution in [2.24, 2.45) is 0 Å². The van der Waals surface area contributed by atoms with Gasteiger partial charge in [-0.3, -0.25) is 9.69 Å². The fourth-order valence-electron chi connectivity index (χ4n) is 2.03. The molecule has 2 N–H and O–H groups in total. The summed E-state index contributed by atoms with van der Waals surface area (Å²) in [6.07, 6.45) is 7.27. The normalized spacial score (nSPS) is 15.5. The van der Waals surface area contributed by atoms with E-state index < -0.39 is 0 Å². The number of carbonyl (C=O) groups excluding carboxylic acids is 2. The van der Waals surface area contributed by atoms with E-state index >= 15 is 0 Å². The van der Waals surface area contributed by atoms with E-state index in [1.807, 2.05) is 33.9 Å². The number of rotatable bonds is 6. The zero-order valence-electron chi connectivity index (χ0n) is 15.9. The molecule has 1 aliphatic rings. The van der Waals surface area contributed by atoms with Gasteiger partial charge in [0.2, 0.25) is 0 Å². The third-order valence-electron chi connectivity index (χ3n) is 3.23. The molecule has 0 radical (unpaired) electrons. The van der Waals surface area contributed by atoms with Crippen molar-refractivity contribution in [3.8, 4) is 0 Å². The quantitative estimate of drug-likeness (QED) is 0.732. The van der Waals surface area contributed by atoms with Crippen LogP contribution in [0.5, 0.6) is 0 Å². The van der Waals surface area contributed by atoms with Crippen LogP contribution in [0.1, 0.15) is 54.4 Å². The van der Waals surface area contributed by atoms with E-state index in [1.54, 1.807) is 12.2 Å². The summed E-state index contributed by atoms with van der Waals surface area (Å²) >= 11 is 0. The highest BCUT2D eigenvalue weighted by Gasteiger charge is 2.21. The second kappa shape index (κ2) is 15.3. The van der Waals surface area contributed by atoms with Crippen molar-refractivity contribution in [1.29, 1.82) is 0 Å². The first-order chi connectivity index (χ1) is 11.1. The zero-order valence-corrected chi connectivity index (χ0v) is 15.9. The minimum absolute atomic E-state index is 0.0134. The molecule has 23 heavy (non-hydrogen) atoms. The number of hydrogen-bond acceptors (Lipinski definition) is 3. The van der Waals surface area contributed by atoms with Crippen molar-refractivity contribution in [2.75, 3.05) is 20.2 Å². The molecule has 1 heterocycles. The molecule has 1 aliphatic heterocycles. The van der Waals surface area contributed by atoms with E-state index in [2.05, 4.69) is 23.9 Å². The summed E-state index contributed by atoms with van der Waals surface area (Å²) < 4.78 is 4.69. The largest absolute Gasteiger partial charge is 0.465 e. The van der Waals surface area contributed by atoms with Gasteiger partial charge in [-0.1, -0.05) is 41.5 Å². The maximum Gasteiger partial charge on any atom is 0.339 e. The van der Waals surface area contributed by atoms with Gasteiger partial charge in [0.15, 0.2) is 6.54 Å². The van der Waals surface area contributed by atoms with Crippen LogP contribution in [0.3, 0.4) is 0 Å². The molecule has 0 saturated carbocycles. The van der Waals surface area contributed by atoms with Gasteiger partial charge in [-0.15, -0.1) is 0 Å². The lowest BCUT2D eigenvalue weighted by Gasteiger charge is -2.20. The van der Waals surface area contributed by atoms with Gasteiger partial charge in [-0.05, 0) is 25.0 Å². The number of ether oxygens (including phenoxy) is 1. The van der Waals surface area contributed by atoms with Gasteiger partial charge in [0.05, 0.1) is 18.9 Å². The fourth-order valence-corrected chi connectivity index (χ4v) is 2.03. The van der Waals surface area contributed by atoms with E-state index in [0.29, 0.717) is 18.7 Å². The molecule has 0 aromatic heterocycles. The lowest BCUT2D eigenvalue weighted by Crippen LogP contribution is -3.09. The molecular weight excluding hydrogens is 292 g/mol. The highest BCUT2D eigenvalue weighted by Crippen LogP contribution is 1.98. The van der Waals surface area contributed by atoms with Gasteiger partial charge in [-0.2, -0.15) is 0 Å². The first-order valence-corrected chi connectivity index (χ1v) is 8.70. The van der Waals surface area contributed by atoms with Crippen LogP contribution in [0.25, 0.3) is 0 Å². The second-order valence-corrected chi connectivity index (χ2v) is 4.64. The predicted octanol–water partition coefficient (Wildman–Crippen LogP) is 1.86. The monoisotopic (exact) mass is 327 g/mol. The van der Waals surface area contributed by atoms with Crippen molar-refractivity contribution >= 4 is 11.9 Å². The third-order valence-corrected chi connectivity index (χ3v) is 3.23. The Bertz CT molecular complexity index is 386. The van der Waals surface area contributed by atoms with Crippen LogP contribution in [0.2, 0.25) is 0 Å². The van der Waals surface area contributed by atoms with Crippen LogP contribution in [0, 0.1) is 0 Å². The summed E-state index contributed by atoms with van der Waals surface area (Å²) in [6.45, 7) is 12.9. The average molecular weight is 327 g/mol. The molecule has 0 fully saturated rings. The molecule has 1 rings (SSSR count). The number of methoxy groups -OCH3 is 1. The molecule has 5 heteroatoms. The Kier molecular flexibility index (Phi) is 15.7. The number of nitrogens with one attached hydrogen (secondary N) is 2. The SMILES string of the molecule is CC.CC.CCC(CC)NC(=O)C[NH+]1C=CC=C(C(=O)OC)C1. The second-order valence-electron chi connectivity index (χ2n) is 4.64. The van der Waals surface area contributed by atoms with Crippen LogP contribution < -0.4 is 10.2 Å². The predicted molar refractivity (Wildman–Crippen MR) is 95.1 cm³/mol. The number of allylic oxidation sites excluding steroid dienone is 2. The maximum absolute atomic E-state index is 11.9. The summed E-state index contributed by atoms with van der Waals surface area (Å²) in [4.78, 5) is 24.3. The van der Waals surface area contributed by atoms with E-state index in [1.165, 1.54) is 7.11 Å². The van der Waals surface area contributed by atoms with E-state index in [0.717, 1.165) is 17.7 Å². The van der Waals surface area contributed by atoms with Crippen molar-refractivity contribution in [3.05, 3.63) is 23.9 Å². The van der Waals surface area contributed by atoms with E-state index in [9.17, 15) is 9.59 Å². The Hall–Kier alpha value is -1.62. The number of esters is 1. The standard InChI is InChI=1S/C14H22N2O3.2C2H6/c1-4-12(5-2)15-13(17)10-16-8-6-7-11(9-16)14(18)19-3;2*1-2/h6-8,12H,4-5,9-10H2,1-3H3,(H,15,17);2*1-2H3/p+1. The highest BCUT2D eigenvalue weighted by molar-refractivity contribution is 5.89. The topological polar surface area (TPSA) is 59.8 Å². The Morgan fingerprint density at radius 1 is 1.22 bits per heavy atom. The molecule has 134 valence electrons. The van der Waals surface area contributed by atoms with Crippen molar-refractivity contribution in [2.45, 2.75) is 60.4 Å². The van der Waals surface area contributed by atoms with Crippen molar-refractivity contribution in [1.82, 2.24) is 5.32 Å². The first kappa shape index (κ1) is 23.6. The Morgan fingerprint density at radius 2 is 1.78 bits per heavy atom. The van der Waals surface area contributed by atoms with Crippen LogP contribution in [0.4, 0.5) is 0 Å². The number of quaternary nitrogens is 1. The Morgan fingerprint density at radius 3 is 2.26 bits per heavy atom. The molecule has 0 aliphatic carbocycles. The molecule has 0 spiro atoms. The molecular formula is C18H35N2O3+. The molecule has 0 aromatic rings. The van der Waals surface area contributed by atoms with Crippen LogP contribution in [0.15, 0.2) is 23.9 Å². The van der Waals surface area contributed by atoms with Gasteiger partial charge in [0, 0.05) is 6.04 Å². The van der Waals surface area contributed by atoms with Gasteiger partial charge < -0.3 is 10.1 Å². The number of hydrogen-bond donors (Lipinski definition) is 2. The maximum atomic E-state index is 11.9. The molecule has 1 atom stereocenters. The van der Waals surface area contributed by atoms with Gasteiger partial charge in [-0.25, -0.2) is 4.79 Å². The van der Waals surface area contributed by atoms with Gasteiger partial charge in [0.1, 0.15) is 6.54 Å². The smallest absolute Gasteiger partial charge is 0.339 e. The summed E-state index contributed by atoms with van der Waals surface area (Å²) in [5.74, 6) is -0.318.